The molecule has 1 aromatic carbocycles. The predicted molar refractivity (Wildman–Crippen MR) is 129 cm³/mol. The van der Waals surface area contributed by atoms with E-state index in [1.165, 1.54) is 7.11 Å². The van der Waals surface area contributed by atoms with Crippen LogP contribution in [0.5, 0.6) is 5.75 Å². The number of unbranched alkanes of at least 4 members (excludes halogenated alkanes) is 1. The van der Waals surface area contributed by atoms with Crippen LogP contribution >= 0.6 is 0 Å². The number of carbonyl (C=O) groups excluding carboxylic acids is 2. The van der Waals surface area contributed by atoms with Crippen LogP contribution in [0.1, 0.15) is 80.6 Å². The number of benzene rings is 1. The first kappa shape index (κ1) is 24.8. The maximum Gasteiger partial charge on any atom is 0.331 e. The van der Waals surface area contributed by atoms with Crippen molar-refractivity contribution in [3.8, 4) is 5.75 Å². The van der Waals surface area contributed by atoms with E-state index in [2.05, 4.69) is 12.2 Å². The lowest BCUT2D eigenvalue weighted by molar-refractivity contribution is -0.149. The van der Waals surface area contributed by atoms with Gasteiger partial charge in [0.1, 0.15) is 16.9 Å². The monoisotopic (exact) mass is 456 g/mol. The Morgan fingerprint density at radius 2 is 1.76 bits per heavy atom. The van der Waals surface area contributed by atoms with Crippen molar-refractivity contribution in [1.29, 1.82) is 0 Å². The molecule has 2 aromatic rings. The molecule has 0 spiro atoms. The van der Waals surface area contributed by atoms with Crippen molar-refractivity contribution in [2.75, 3.05) is 14.2 Å². The number of hydrogen-bond acceptors (Lipinski definition) is 5. The van der Waals surface area contributed by atoms with Crippen LogP contribution in [0, 0.1) is 6.92 Å². The number of esters is 1. The molecular formula is C26H36N2O5. The number of amides is 1. The highest BCUT2D eigenvalue weighted by atomic mass is 16.5. The summed E-state index contributed by atoms with van der Waals surface area (Å²) in [4.78, 5) is 39.8. The maximum absolute atomic E-state index is 13.5. The lowest BCUT2D eigenvalue weighted by atomic mass is 9.83. The molecule has 1 fully saturated rings. The van der Waals surface area contributed by atoms with Crippen molar-refractivity contribution in [3.05, 3.63) is 39.7 Å². The number of carbonyl (C=O) groups is 2. The van der Waals surface area contributed by atoms with Crippen molar-refractivity contribution < 1.29 is 19.1 Å². The third-order valence-electron chi connectivity index (χ3n) is 6.72. The van der Waals surface area contributed by atoms with Gasteiger partial charge in [-0.1, -0.05) is 57.6 Å². The van der Waals surface area contributed by atoms with Gasteiger partial charge in [0, 0.05) is 11.9 Å². The van der Waals surface area contributed by atoms with Gasteiger partial charge in [-0.2, -0.15) is 0 Å². The highest BCUT2D eigenvalue weighted by Crippen LogP contribution is 2.31. The number of fused-ring (bicyclic) bond motifs is 1. The molecule has 0 unspecified atom stereocenters. The Morgan fingerprint density at radius 3 is 2.36 bits per heavy atom. The SMILES string of the molecule is CCCCn1c(=O)c(C(=O)NC2(C(=O)OC)CCCCCCC2)cc2ccc(C)c(OC)c21. The van der Waals surface area contributed by atoms with Gasteiger partial charge in [0.05, 0.1) is 19.7 Å². The highest BCUT2D eigenvalue weighted by molar-refractivity contribution is 6.01. The molecule has 0 bridgehead atoms. The minimum absolute atomic E-state index is 0.0369. The lowest BCUT2D eigenvalue weighted by Crippen LogP contribution is -2.56. The summed E-state index contributed by atoms with van der Waals surface area (Å²) in [5.41, 5.74) is 0.178. The summed E-state index contributed by atoms with van der Waals surface area (Å²) in [6.45, 7) is 4.47. The van der Waals surface area contributed by atoms with Crippen molar-refractivity contribution in [1.82, 2.24) is 9.88 Å². The van der Waals surface area contributed by atoms with Gasteiger partial charge in [0.2, 0.25) is 0 Å². The van der Waals surface area contributed by atoms with Gasteiger partial charge in [0.15, 0.2) is 0 Å². The Labute approximate surface area is 195 Å². The Balaban J connectivity index is 2.10. The quantitative estimate of drug-likeness (QED) is 0.620. The number of aromatic nitrogens is 1. The minimum atomic E-state index is -1.10. The molecular weight excluding hydrogens is 420 g/mol. The first-order chi connectivity index (χ1) is 15.9. The average Bonchev–Trinajstić information content (AvgIpc) is 2.79. The summed E-state index contributed by atoms with van der Waals surface area (Å²) < 4.78 is 12.4. The number of nitrogens with zero attached hydrogens (tertiary/aromatic N) is 1. The molecule has 1 N–H and O–H groups in total. The van der Waals surface area contributed by atoms with Crippen LogP contribution in [0.15, 0.2) is 23.0 Å². The highest BCUT2D eigenvalue weighted by Gasteiger charge is 2.41. The van der Waals surface area contributed by atoms with Crippen molar-refractivity contribution in [2.45, 2.75) is 83.7 Å². The van der Waals surface area contributed by atoms with Crippen LogP contribution in [0.25, 0.3) is 10.9 Å². The number of nitrogens with one attached hydrogen (secondary N) is 1. The van der Waals surface area contributed by atoms with E-state index in [1.807, 2.05) is 19.1 Å². The van der Waals surface area contributed by atoms with E-state index >= 15 is 0 Å². The van der Waals surface area contributed by atoms with E-state index in [9.17, 15) is 14.4 Å². The summed E-state index contributed by atoms with van der Waals surface area (Å²) in [7, 11) is 2.93. The number of aryl methyl sites for hydroxylation is 2. The molecule has 3 rings (SSSR count). The van der Waals surface area contributed by atoms with E-state index in [1.54, 1.807) is 17.7 Å². The van der Waals surface area contributed by atoms with Crippen LogP contribution in [0.4, 0.5) is 0 Å². The summed E-state index contributed by atoms with van der Waals surface area (Å²) in [6, 6.07) is 5.44. The lowest BCUT2D eigenvalue weighted by Gasteiger charge is -2.33. The molecule has 7 nitrogen and oxygen atoms in total. The van der Waals surface area contributed by atoms with Crippen LogP contribution in [-0.2, 0) is 16.1 Å². The fourth-order valence-corrected chi connectivity index (χ4v) is 4.87. The maximum atomic E-state index is 13.5. The van der Waals surface area contributed by atoms with Gasteiger partial charge in [-0.05, 0) is 37.8 Å². The number of hydrogen-bond donors (Lipinski definition) is 1. The molecule has 0 aliphatic heterocycles. The van der Waals surface area contributed by atoms with E-state index < -0.39 is 17.4 Å². The largest absolute Gasteiger partial charge is 0.494 e. The number of pyridine rings is 1. The Bertz CT molecular complexity index is 1060. The second kappa shape index (κ2) is 10.9. The van der Waals surface area contributed by atoms with E-state index in [0.717, 1.165) is 55.9 Å². The van der Waals surface area contributed by atoms with Crippen LogP contribution in [0.2, 0.25) is 0 Å². The zero-order valence-electron chi connectivity index (χ0n) is 20.3. The van der Waals surface area contributed by atoms with E-state index in [-0.39, 0.29) is 11.1 Å². The Kier molecular flexibility index (Phi) is 8.16. The molecule has 7 heteroatoms. The molecule has 1 aliphatic rings. The van der Waals surface area contributed by atoms with Crippen LogP contribution in [0.3, 0.4) is 0 Å². The van der Waals surface area contributed by atoms with Gasteiger partial charge in [-0.25, -0.2) is 4.79 Å². The fraction of sp³-hybridized carbons (Fsp3) is 0.577. The van der Waals surface area contributed by atoms with E-state index in [0.29, 0.717) is 30.7 Å². The van der Waals surface area contributed by atoms with Gasteiger partial charge in [-0.15, -0.1) is 0 Å². The zero-order valence-corrected chi connectivity index (χ0v) is 20.3. The topological polar surface area (TPSA) is 86.6 Å². The normalized spacial score (nSPS) is 16.0. The predicted octanol–water partition coefficient (Wildman–Crippen LogP) is 4.50. The third-order valence-corrected chi connectivity index (χ3v) is 6.72. The zero-order chi connectivity index (χ0) is 24.0. The molecule has 1 aromatic heterocycles. The standard InChI is InChI=1S/C26H36N2O5/c1-5-6-16-28-21-19(13-12-18(2)22(21)32-3)17-20(24(28)30)23(29)27-26(25(31)33-4)14-10-8-7-9-11-15-26/h12-13,17H,5-11,14-16H2,1-4H3,(H,27,29). The first-order valence-corrected chi connectivity index (χ1v) is 12.0. The van der Waals surface area contributed by atoms with Crippen molar-refractivity contribution in [3.63, 3.8) is 0 Å². The average molecular weight is 457 g/mol. The first-order valence-electron chi connectivity index (χ1n) is 12.0. The summed E-state index contributed by atoms with van der Waals surface area (Å²) in [5.74, 6) is -0.335. The second-order valence-corrected chi connectivity index (χ2v) is 9.02. The number of ether oxygens (including phenoxy) is 2. The van der Waals surface area contributed by atoms with Gasteiger partial charge < -0.3 is 19.4 Å². The van der Waals surface area contributed by atoms with Crippen LogP contribution < -0.4 is 15.6 Å². The van der Waals surface area contributed by atoms with Crippen molar-refractivity contribution in [2.24, 2.45) is 0 Å². The summed E-state index contributed by atoms with van der Waals surface area (Å²) in [6.07, 6.45) is 7.51. The van der Waals surface area contributed by atoms with Gasteiger partial charge in [-0.3, -0.25) is 9.59 Å². The van der Waals surface area contributed by atoms with E-state index in [4.69, 9.17) is 9.47 Å². The molecule has 180 valence electrons. The van der Waals surface area contributed by atoms with Crippen LogP contribution in [-0.4, -0.2) is 36.2 Å². The number of methoxy groups -OCH3 is 2. The number of rotatable bonds is 7. The third kappa shape index (κ3) is 5.07. The Hall–Kier alpha value is -2.83. The van der Waals surface area contributed by atoms with Crippen molar-refractivity contribution >= 4 is 22.8 Å². The molecule has 0 saturated heterocycles. The summed E-state index contributed by atoms with van der Waals surface area (Å²) in [5, 5.41) is 3.69. The minimum Gasteiger partial charge on any atom is -0.494 e. The molecule has 1 heterocycles. The smallest absolute Gasteiger partial charge is 0.331 e. The molecule has 1 amide bonds. The molecule has 33 heavy (non-hydrogen) atoms. The Morgan fingerprint density at radius 1 is 1.09 bits per heavy atom. The fourth-order valence-electron chi connectivity index (χ4n) is 4.87. The van der Waals surface area contributed by atoms with Gasteiger partial charge in [0.25, 0.3) is 11.5 Å². The molecule has 0 radical (unpaired) electrons. The van der Waals surface area contributed by atoms with Gasteiger partial charge >= 0.3 is 5.97 Å². The molecule has 1 saturated carbocycles. The second-order valence-electron chi connectivity index (χ2n) is 9.02. The summed E-state index contributed by atoms with van der Waals surface area (Å²) >= 11 is 0. The molecule has 1 aliphatic carbocycles. The molecule has 0 atom stereocenters.